The summed E-state index contributed by atoms with van der Waals surface area (Å²) in [5, 5.41) is 1.84. The lowest BCUT2D eigenvalue weighted by Gasteiger charge is -2.28. The van der Waals surface area contributed by atoms with Crippen LogP contribution < -0.4 is 19.3 Å². The van der Waals surface area contributed by atoms with Gasteiger partial charge in [0, 0.05) is 63.1 Å². The summed E-state index contributed by atoms with van der Waals surface area (Å²) in [7, 11) is 0. The van der Waals surface area contributed by atoms with Gasteiger partial charge in [0.15, 0.2) is 0 Å². The lowest BCUT2D eigenvalue weighted by atomic mass is 9.77. The Bertz CT molecular complexity index is 5320. The Balaban J connectivity index is 0.948. The van der Waals surface area contributed by atoms with Gasteiger partial charge >= 0.3 is 0 Å². The Hall–Kier alpha value is -9.65. The number of pyridine rings is 1. The summed E-state index contributed by atoms with van der Waals surface area (Å²) in [5.41, 5.74) is 8.30. The Kier molecular flexibility index (Phi) is 10.7. The minimum Gasteiger partial charge on any atom is -0.457 e. The Morgan fingerprint density at radius 2 is 0.886 bits per heavy atom. The van der Waals surface area contributed by atoms with E-state index in [9.17, 15) is 8.22 Å². The van der Waals surface area contributed by atoms with E-state index in [1.54, 1.807) is 30.5 Å². The van der Waals surface area contributed by atoms with E-state index in [0.717, 1.165) is 49.6 Å². The number of anilines is 4. The summed E-state index contributed by atoms with van der Waals surface area (Å²) in [4.78, 5) is 8.98. The SMILES string of the molecule is [2H]c1c([2H])c([2H])c(-c2cc(C(C)(C)C)cc(-c3cc(C(C)(C)C)cc(C(C)(C)C)c3)c2Oc2ccnc(-n3c4ccccc4c4ccc(Oc5cc(N6CN(c7c(-c8c([2H])c([2H])c([2H])c([2H])c8[2H])cccc7-c7c([2H])c([2H])c([2H])c([2H])c7[2H])c7ccccc76)cc(C(C)(C)C)c5)cc43)c2)c([2H])c1[2H]. The molecular formula is C82H78N4O2. The summed E-state index contributed by atoms with van der Waals surface area (Å²) in [6.45, 7) is 25.6. The van der Waals surface area contributed by atoms with Gasteiger partial charge in [0.05, 0.1) is 48.7 Å². The molecule has 0 saturated heterocycles. The van der Waals surface area contributed by atoms with Crippen LogP contribution in [-0.4, -0.2) is 16.2 Å². The zero-order valence-electron chi connectivity index (χ0n) is 66.7. The minimum absolute atomic E-state index is 0.00759. The van der Waals surface area contributed by atoms with Crippen LogP contribution in [0, 0.1) is 0 Å². The van der Waals surface area contributed by atoms with Crippen LogP contribution in [0.2, 0.25) is 0 Å². The van der Waals surface area contributed by atoms with E-state index in [2.05, 4.69) is 118 Å². The predicted octanol–water partition coefficient (Wildman–Crippen LogP) is 22.9. The standard InChI is InChI=1S/C82H78N4O2/c1-79(2,3)58-43-57(44-59(45-58)80(4,5)6)71-49-61(82(10,11)12)48-70(56-31-20-15-21-32-56)78(71)88-64-41-42-83-76(52-64)86-72-36-23-22-33-68(72)69-40-39-63(51-75(69)86)87-65-47-60(81(7,8)9)46-62(50-65)84-53-85(74-38-25-24-37-73(74)84)77-66(54-27-16-13-17-28-54)34-26-35-67(77)55-29-18-14-19-30-55/h13-52H,53H2,1-12H3/i13D,14D,15D,16D,17D,18D,19D,20D,21D,27D,28D,29D,30D,31D,32D. The first kappa shape index (κ1) is 42.2. The van der Waals surface area contributed by atoms with Gasteiger partial charge < -0.3 is 19.3 Å². The van der Waals surface area contributed by atoms with E-state index in [4.69, 9.17) is 26.8 Å². The van der Waals surface area contributed by atoms with E-state index < -0.39 is 89.4 Å². The molecule has 0 saturated carbocycles. The molecule has 438 valence electrons. The number of fused-ring (bicyclic) bond motifs is 4. The number of nitrogens with zero attached hydrogens (tertiary/aromatic N) is 4. The topological polar surface area (TPSA) is 42.8 Å². The first-order chi connectivity index (χ1) is 48.3. The fraction of sp³-hybridized carbons (Fsp3) is 0.207. The molecule has 0 bridgehead atoms. The van der Waals surface area contributed by atoms with E-state index in [-0.39, 0.29) is 63.1 Å². The molecule has 1 aliphatic rings. The van der Waals surface area contributed by atoms with Gasteiger partial charge in [-0.05, 0) is 127 Å². The molecule has 0 atom stereocenters. The van der Waals surface area contributed by atoms with Gasteiger partial charge in [0.1, 0.15) is 35.5 Å². The highest BCUT2D eigenvalue weighted by atomic mass is 16.5. The fourth-order valence-corrected chi connectivity index (χ4v) is 11.6. The molecule has 0 unspecified atom stereocenters. The average molecular weight is 1170 g/mol. The summed E-state index contributed by atoms with van der Waals surface area (Å²) in [6, 6.07) is 39.0. The van der Waals surface area contributed by atoms with Gasteiger partial charge in [0.25, 0.3) is 0 Å². The van der Waals surface area contributed by atoms with Gasteiger partial charge in [0.2, 0.25) is 0 Å². The molecule has 88 heavy (non-hydrogen) atoms. The van der Waals surface area contributed by atoms with Crippen LogP contribution in [0.1, 0.15) is 126 Å². The molecule has 6 nitrogen and oxygen atoms in total. The molecule has 10 aromatic carbocycles. The molecule has 0 aliphatic carbocycles. The summed E-state index contributed by atoms with van der Waals surface area (Å²) in [5.74, 6) is 2.12. The number of ether oxygens (including phenoxy) is 2. The van der Waals surface area contributed by atoms with Gasteiger partial charge in [-0.3, -0.25) is 4.57 Å². The fourth-order valence-electron chi connectivity index (χ4n) is 11.6. The number of benzene rings is 10. The zero-order chi connectivity index (χ0) is 74.3. The third kappa shape index (κ3) is 11.1. The molecule has 6 heteroatoms. The number of hydrogen-bond donors (Lipinski definition) is 0. The Labute approximate surface area is 541 Å². The maximum absolute atomic E-state index is 9.42. The van der Waals surface area contributed by atoms with Crippen LogP contribution in [0.4, 0.5) is 22.7 Å². The second kappa shape index (κ2) is 22.3. The number of rotatable bonds is 11. The normalized spacial score (nSPS) is 15.3. The second-order valence-electron chi connectivity index (χ2n) is 26.7. The Morgan fingerprint density at radius 3 is 1.48 bits per heavy atom. The van der Waals surface area contributed by atoms with Crippen molar-refractivity contribution in [1.29, 1.82) is 0 Å². The molecule has 0 spiro atoms. The van der Waals surface area contributed by atoms with Crippen molar-refractivity contribution >= 4 is 44.6 Å². The lowest BCUT2D eigenvalue weighted by Crippen LogP contribution is -2.25. The van der Waals surface area contributed by atoms with Crippen LogP contribution in [0.5, 0.6) is 23.0 Å². The molecule has 3 heterocycles. The molecule has 12 aromatic rings. The number of aromatic nitrogens is 2. The lowest BCUT2D eigenvalue weighted by molar-refractivity contribution is 0.479. The smallest absolute Gasteiger partial charge is 0.143 e. The monoisotopic (exact) mass is 1170 g/mol. The van der Waals surface area contributed by atoms with Crippen molar-refractivity contribution in [2.75, 3.05) is 16.5 Å². The van der Waals surface area contributed by atoms with E-state index in [0.29, 0.717) is 57.0 Å². The van der Waals surface area contributed by atoms with Crippen molar-refractivity contribution in [1.82, 2.24) is 9.55 Å². The quantitative estimate of drug-likeness (QED) is 0.129. The summed E-state index contributed by atoms with van der Waals surface area (Å²) < 4.78 is 151. The number of hydrogen-bond acceptors (Lipinski definition) is 5. The van der Waals surface area contributed by atoms with Crippen molar-refractivity contribution in [3.8, 4) is 73.3 Å². The molecule has 0 amide bonds. The van der Waals surface area contributed by atoms with Crippen LogP contribution in [0.3, 0.4) is 0 Å². The van der Waals surface area contributed by atoms with Gasteiger partial charge in [-0.15, -0.1) is 0 Å². The third-order valence-electron chi connectivity index (χ3n) is 16.4. The van der Waals surface area contributed by atoms with Gasteiger partial charge in [-0.1, -0.05) is 240 Å². The maximum atomic E-state index is 9.42. The van der Waals surface area contributed by atoms with Crippen LogP contribution >= 0.6 is 0 Å². The van der Waals surface area contributed by atoms with Crippen molar-refractivity contribution in [2.45, 2.75) is 105 Å². The molecule has 0 radical (unpaired) electrons. The van der Waals surface area contributed by atoms with Gasteiger partial charge in [-0.25, -0.2) is 4.98 Å². The first-order valence-corrected chi connectivity index (χ1v) is 29.7. The number of para-hydroxylation sites is 4. The van der Waals surface area contributed by atoms with Crippen LogP contribution in [-0.2, 0) is 21.7 Å². The average Bonchev–Trinajstić information content (AvgIpc) is 1.73. The summed E-state index contributed by atoms with van der Waals surface area (Å²) in [6.07, 6.45) is 1.67. The highest BCUT2D eigenvalue weighted by Crippen LogP contribution is 2.52. The van der Waals surface area contributed by atoms with Crippen molar-refractivity contribution in [2.24, 2.45) is 0 Å². The third-order valence-corrected chi connectivity index (χ3v) is 16.4. The maximum Gasteiger partial charge on any atom is 0.143 e. The predicted molar refractivity (Wildman–Crippen MR) is 370 cm³/mol. The molecule has 13 rings (SSSR count). The highest BCUT2D eigenvalue weighted by molar-refractivity contribution is 6.09. The molecule has 0 fully saturated rings. The van der Waals surface area contributed by atoms with E-state index in [1.165, 1.54) is 0 Å². The largest absolute Gasteiger partial charge is 0.457 e. The van der Waals surface area contributed by atoms with E-state index in [1.807, 2.05) is 100 Å². The van der Waals surface area contributed by atoms with E-state index >= 15 is 0 Å². The van der Waals surface area contributed by atoms with Gasteiger partial charge in [-0.2, -0.15) is 0 Å². The Morgan fingerprint density at radius 1 is 0.386 bits per heavy atom. The van der Waals surface area contributed by atoms with Crippen molar-refractivity contribution in [3.63, 3.8) is 0 Å². The molecular weight excluding hydrogens is 1070 g/mol. The summed E-state index contributed by atoms with van der Waals surface area (Å²) >= 11 is 0. The zero-order valence-corrected chi connectivity index (χ0v) is 51.7. The highest BCUT2D eigenvalue weighted by Gasteiger charge is 2.33. The molecule has 1 aliphatic heterocycles. The second-order valence-corrected chi connectivity index (χ2v) is 26.7. The van der Waals surface area contributed by atoms with Crippen molar-refractivity contribution in [3.05, 3.63) is 265 Å². The molecule has 0 N–H and O–H groups in total. The molecule has 2 aromatic heterocycles. The van der Waals surface area contributed by atoms with Crippen molar-refractivity contribution < 1.29 is 30.0 Å². The van der Waals surface area contributed by atoms with Crippen LogP contribution in [0.25, 0.3) is 72.1 Å². The van der Waals surface area contributed by atoms with Crippen LogP contribution in [0.15, 0.2) is 242 Å². The minimum atomic E-state index is -0.580. The first-order valence-electron chi connectivity index (χ1n) is 37.2.